The number of ether oxygens (including phenoxy) is 12. The lowest BCUT2D eigenvalue weighted by Gasteiger charge is -2.09. The van der Waals surface area contributed by atoms with E-state index in [1.165, 1.54) is 25.7 Å². The maximum Gasteiger partial charge on any atom is 0.0701 e. The average Bonchev–Trinajstić information content (AvgIpc) is 3.02. The highest BCUT2D eigenvalue weighted by molar-refractivity contribution is 4.42. The standard InChI is InChI=1S/C31H64O12/c1-3-5-6-7-8-9-33-12-13-35-16-17-37-20-21-39-24-25-41-28-29-43-31-30-42-27-26-40-23-22-38-19-18-36-15-14-34-11-10-32-4-2/h3-31H2,1-2H3. The van der Waals surface area contributed by atoms with Gasteiger partial charge in [0.2, 0.25) is 0 Å². The van der Waals surface area contributed by atoms with Gasteiger partial charge in [-0.15, -0.1) is 0 Å². The first kappa shape index (κ1) is 42.5. The van der Waals surface area contributed by atoms with E-state index in [-0.39, 0.29) is 0 Å². The highest BCUT2D eigenvalue weighted by Gasteiger charge is 1.97. The Morgan fingerprint density at radius 2 is 0.419 bits per heavy atom. The van der Waals surface area contributed by atoms with Crippen molar-refractivity contribution >= 4 is 0 Å². The fourth-order valence-electron chi connectivity index (χ4n) is 3.37. The minimum Gasteiger partial charge on any atom is -0.379 e. The van der Waals surface area contributed by atoms with Gasteiger partial charge in [0.25, 0.3) is 0 Å². The summed E-state index contributed by atoms with van der Waals surface area (Å²) in [6, 6.07) is 0. The van der Waals surface area contributed by atoms with E-state index in [2.05, 4.69) is 6.92 Å². The number of rotatable bonds is 40. The molecule has 0 aromatic carbocycles. The van der Waals surface area contributed by atoms with Crippen LogP contribution in [0.25, 0.3) is 0 Å². The van der Waals surface area contributed by atoms with Gasteiger partial charge in [-0.3, -0.25) is 0 Å². The van der Waals surface area contributed by atoms with Crippen molar-refractivity contribution in [2.24, 2.45) is 0 Å². The maximum atomic E-state index is 5.56. The molecule has 12 nitrogen and oxygen atoms in total. The molecule has 0 N–H and O–H groups in total. The Morgan fingerprint density at radius 1 is 0.209 bits per heavy atom. The van der Waals surface area contributed by atoms with Gasteiger partial charge >= 0.3 is 0 Å². The van der Waals surface area contributed by atoms with Crippen molar-refractivity contribution in [3.63, 3.8) is 0 Å². The lowest BCUT2D eigenvalue weighted by atomic mass is 10.2. The molecule has 0 amide bonds. The second-order valence-electron chi connectivity index (χ2n) is 9.35. The zero-order valence-electron chi connectivity index (χ0n) is 27.4. The SMILES string of the molecule is CCCCCCCOCCOCCOCCOCCOCCOCCOCCOCCOCCOCCOCCOCC. The summed E-state index contributed by atoms with van der Waals surface area (Å²) in [6.45, 7) is 17.9. The molecule has 0 aliphatic rings. The summed E-state index contributed by atoms with van der Waals surface area (Å²) in [4.78, 5) is 0. The molecule has 0 saturated carbocycles. The van der Waals surface area contributed by atoms with Gasteiger partial charge in [0.1, 0.15) is 0 Å². The molecule has 0 atom stereocenters. The van der Waals surface area contributed by atoms with Crippen LogP contribution in [-0.4, -0.2) is 159 Å². The van der Waals surface area contributed by atoms with Crippen molar-refractivity contribution in [3.05, 3.63) is 0 Å². The minimum atomic E-state index is 0.521. The van der Waals surface area contributed by atoms with Crippen LogP contribution in [-0.2, 0) is 56.8 Å². The Balaban J connectivity index is 3.02. The highest BCUT2D eigenvalue weighted by atomic mass is 16.6. The number of unbranched alkanes of at least 4 members (excludes halogenated alkanes) is 4. The summed E-state index contributed by atoms with van der Waals surface area (Å²) in [5, 5.41) is 0. The molecule has 0 rings (SSSR count). The molecule has 0 saturated heterocycles. The van der Waals surface area contributed by atoms with Crippen molar-refractivity contribution in [1.82, 2.24) is 0 Å². The summed E-state index contributed by atoms with van der Waals surface area (Å²) < 4.78 is 65.3. The number of hydrogen-bond acceptors (Lipinski definition) is 12. The van der Waals surface area contributed by atoms with Gasteiger partial charge < -0.3 is 56.8 Å². The topological polar surface area (TPSA) is 111 Å². The van der Waals surface area contributed by atoms with E-state index in [4.69, 9.17) is 56.8 Å². The van der Waals surface area contributed by atoms with Crippen LogP contribution in [0.4, 0.5) is 0 Å². The van der Waals surface area contributed by atoms with Crippen LogP contribution >= 0.6 is 0 Å². The zero-order valence-corrected chi connectivity index (χ0v) is 27.4. The quantitative estimate of drug-likeness (QED) is 0.0930. The minimum absolute atomic E-state index is 0.521. The predicted molar refractivity (Wildman–Crippen MR) is 164 cm³/mol. The van der Waals surface area contributed by atoms with E-state index in [0.717, 1.165) is 13.0 Å². The van der Waals surface area contributed by atoms with Crippen molar-refractivity contribution < 1.29 is 56.8 Å². The average molecular weight is 629 g/mol. The van der Waals surface area contributed by atoms with Crippen LogP contribution in [0.3, 0.4) is 0 Å². The monoisotopic (exact) mass is 628 g/mol. The Labute approximate surface area is 261 Å². The maximum absolute atomic E-state index is 5.56. The van der Waals surface area contributed by atoms with Gasteiger partial charge in [-0.1, -0.05) is 32.6 Å². The van der Waals surface area contributed by atoms with Crippen molar-refractivity contribution in [2.75, 3.05) is 159 Å². The Hall–Kier alpha value is -0.480. The zero-order chi connectivity index (χ0) is 31.0. The summed E-state index contributed by atoms with van der Waals surface area (Å²) in [6.07, 6.45) is 6.29. The first-order valence-corrected chi connectivity index (χ1v) is 16.3. The Bertz CT molecular complexity index is 436. The van der Waals surface area contributed by atoms with E-state index in [0.29, 0.717) is 152 Å². The molecular weight excluding hydrogens is 564 g/mol. The first-order chi connectivity index (χ1) is 21.4. The Kier molecular flexibility index (Phi) is 41.1. The van der Waals surface area contributed by atoms with Crippen LogP contribution < -0.4 is 0 Å². The van der Waals surface area contributed by atoms with Crippen LogP contribution in [0.5, 0.6) is 0 Å². The molecule has 0 radical (unpaired) electrons. The smallest absolute Gasteiger partial charge is 0.0701 e. The molecule has 0 fully saturated rings. The van der Waals surface area contributed by atoms with Gasteiger partial charge in [-0.25, -0.2) is 0 Å². The summed E-state index contributed by atoms with van der Waals surface area (Å²) in [5.74, 6) is 0. The van der Waals surface area contributed by atoms with Crippen LogP contribution in [0.15, 0.2) is 0 Å². The van der Waals surface area contributed by atoms with Crippen LogP contribution in [0, 0.1) is 0 Å². The molecule has 0 aliphatic heterocycles. The first-order valence-electron chi connectivity index (χ1n) is 16.3. The summed E-state index contributed by atoms with van der Waals surface area (Å²) in [5.41, 5.74) is 0. The van der Waals surface area contributed by atoms with Crippen molar-refractivity contribution in [1.29, 1.82) is 0 Å². The third kappa shape index (κ3) is 41.5. The van der Waals surface area contributed by atoms with E-state index in [1.807, 2.05) is 6.92 Å². The molecular formula is C31H64O12. The third-order valence-corrected chi connectivity index (χ3v) is 5.69. The van der Waals surface area contributed by atoms with Gasteiger partial charge in [-0.05, 0) is 13.3 Å². The van der Waals surface area contributed by atoms with E-state index < -0.39 is 0 Å². The molecule has 0 spiro atoms. The van der Waals surface area contributed by atoms with E-state index >= 15 is 0 Å². The van der Waals surface area contributed by atoms with Crippen LogP contribution in [0.1, 0.15) is 46.0 Å². The van der Waals surface area contributed by atoms with Gasteiger partial charge in [-0.2, -0.15) is 0 Å². The van der Waals surface area contributed by atoms with Crippen LogP contribution in [0.2, 0.25) is 0 Å². The van der Waals surface area contributed by atoms with Gasteiger partial charge in [0.05, 0.1) is 145 Å². The van der Waals surface area contributed by atoms with E-state index in [1.54, 1.807) is 0 Å². The number of hydrogen-bond donors (Lipinski definition) is 0. The molecule has 43 heavy (non-hydrogen) atoms. The Morgan fingerprint density at radius 3 is 0.651 bits per heavy atom. The lowest BCUT2D eigenvalue weighted by Crippen LogP contribution is -2.15. The summed E-state index contributed by atoms with van der Waals surface area (Å²) >= 11 is 0. The lowest BCUT2D eigenvalue weighted by molar-refractivity contribution is -0.0282. The second kappa shape index (κ2) is 41.5. The van der Waals surface area contributed by atoms with E-state index in [9.17, 15) is 0 Å². The molecule has 0 bridgehead atoms. The fraction of sp³-hybridized carbons (Fsp3) is 1.00. The molecule has 260 valence electrons. The fourth-order valence-corrected chi connectivity index (χ4v) is 3.37. The largest absolute Gasteiger partial charge is 0.379 e. The van der Waals surface area contributed by atoms with Crippen molar-refractivity contribution in [2.45, 2.75) is 46.0 Å². The predicted octanol–water partition coefficient (Wildman–Crippen LogP) is 3.18. The highest BCUT2D eigenvalue weighted by Crippen LogP contribution is 2.02. The summed E-state index contributed by atoms with van der Waals surface area (Å²) in [7, 11) is 0. The normalized spacial score (nSPS) is 11.6. The van der Waals surface area contributed by atoms with Crippen molar-refractivity contribution in [3.8, 4) is 0 Å². The molecule has 0 heterocycles. The second-order valence-corrected chi connectivity index (χ2v) is 9.35. The molecule has 0 unspecified atom stereocenters. The van der Waals surface area contributed by atoms with Gasteiger partial charge in [0.15, 0.2) is 0 Å². The van der Waals surface area contributed by atoms with Gasteiger partial charge in [0, 0.05) is 13.2 Å². The molecule has 0 aliphatic carbocycles. The molecule has 0 aromatic rings. The molecule has 0 aromatic heterocycles. The molecule has 12 heteroatoms. The third-order valence-electron chi connectivity index (χ3n) is 5.69.